The summed E-state index contributed by atoms with van der Waals surface area (Å²) in [5, 5.41) is 3.20. The van der Waals surface area contributed by atoms with Crippen LogP contribution in [0.5, 0.6) is 0 Å². The molecular weight excluding hydrogens is 336 g/mol. The molecule has 142 valence electrons. The molecule has 27 heavy (non-hydrogen) atoms. The van der Waals surface area contributed by atoms with Crippen LogP contribution in [0.4, 0.5) is 0 Å². The van der Waals surface area contributed by atoms with Crippen molar-refractivity contribution in [3.63, 3.8) is 0 Å². The van der Waals surface area contributed by atoms with Crippen molar-refractivity contribution < 1.29 is 4.79 Å². The van der Waals surface area contributed by atoms with Gasteiger partial charge in [0.15, 0.2) is 0 Å². The van der Waals surface area contributed by atoms with Gasteiger partial charge in [0.25, 0.3) is 5.91 Å². The highest BCUT2D eigenvalue weighted by Gasteiger charge is 2.33. The summed E-state index contributed by atoms with van der Waals surface area (Å²) in [6.45, 7) is 7.02. The molecule has 0 bridgehead atoms. The number of aromatic nitrogens is 2. The Morgan fingerprint density at radius 2 is 2.00 bits per heavy atom. The average molecular weight is 364 g/mol. The number of nitrogens with one attached hydrogen (secondary N) is 1. The SMILES string of the molecule is Cc1c(-c2ccccn2)c(C(=O)NCC2CC2)c2n1CCN(CC1CC1)C2. The van der Waals surface area contributed by atoms with Gasteiger partial charge < -0.3 is 9.88 Å². The van der Waals surface area contributed by atoms with Crippen LogP contribution < -0.4 is 5.32 Å². The van der Waals surface area contributed by atoms with Crippen LogP contribution >= 0.6 is 0 Å². The molecule has 3 aliphatic rings. The number of amides is 1. The van der Waals surface area contributed by atoms with E-state index in [0.29, 0.717) is 5.92 Å². The van der Waals surface area contributed by atoms with Crippen molar-refractivity contribution in [2.24, 2.45) is 11.8 Å². The van der Waals surface area contributed by atoms with E-state index in [2.05, 4.69) is 26.7 Å². The monoisotopic (exact) mass is 364 g/mol. The quantitative estimate of drug-likeness (QED) is 0.856. The molecule has 0 aromatic carbocycles. The molecular formula is C22H28N4O. The van der Waals surface area contributed by atoms with Crippen molar-refractivity contribution in [3.8, 4) is 11.3 Å². The molecule has 1 amide bonds. The molecule has 0 saturated heterocycles. The molecule has 0 atom stereocenters. The van der Waals surface area contributed by atoms with Crippen molar-refractivity contribution in [2.75, 3.05) is 19.6 Å². The summed E-state index contributed by atoms with van der Waals surface area (Å²) in [4.78, 5) is 20.3. The topological polar surface area (TPSA) is 50.2 Å². The van der Waals surface area contributed by atoms with Crippen LogP contribution in [0.1, 0.15) is 47.4 Å². The number of nitrogens with zero attached hydrogens (tertiary/aromatic N) is 3. The number of rotatable bonds is 6. The molecule has 0 radical (unpaired) electrons. The Hall–Kier alpha value is -2.14. The summed E-state index contributed by atoms with van der Waals surface area (Å²) in [5.41, 5.74) is 5.13. The molecule has 5 rings (SSSR count). The Morgan fingerprint density at radius 1 is 1.19 bits per heavy atom. The first kappa shape index (κ1) is 17.0. The second kappa shape index (κ2) is 6.79. The average Bonchev–Trinajstić information content (AvgIpc) is 3.60. The maximum atomic E-state index is 13.2. The van der Waals surface area contributed by atoms with E-state index < -0.39 is 0 Å². The van der Waals surface area contributed by atoms with E-state index >= 15 is 0 Å². The zero-order chi connectivity index (χ0) is 18.4. The van der Waals surface area contributed by atoms with Crippen LogP contribution in [0.3, 0.4) is 0 Å². The molecule has 0 unspecified atom stereocenters. The fourth-order valence-corrected chi connectivity index (χ4v) is 4.33. The van der Waals surface area contributed by atoms with Crippen molar-refractivity contribution in [2.45, 2.75) is 45.7 Å². The van der Waals surface area contributed by atoms with Crippen LogP contribution in [0.2, 0.25) is 0 Å². The third kappa shape index (κ3) is 3.41. The highest BCUT2D eigenvalue weighted by atomic mass is 16.1. The number of carbonyl (C=O) groups excluding carboxylic acids is 1. The van der Waals surface area contributed by atoms with E-state index in [1.165, 1.54) is 43.6 Å². The fourth-order valence-electron chi connectivity index (χ4n) is 4.33. The molecule has 0 spiro atoms. The molecule has 1 N–H and O–H groups in total. The number of carbonyl (C=O) groups is 1. The lowest BCUT2D eigenvalue weighted by atomic mass is 10.0. The zero-order valence-corrected chi connectivity index (χ0v) is 16.1. The minimum absolute atomic E-state index is 0.0766. The summed E-state index contributed by atoms with van der Waals surface area (Å²) >= 11 is 0. The second-order valence-corrected chi connectivity index (χ2v) is 8.48. The Bertz CT molecular complexity index is 849. The highest BCUT2D eigenvalue weighted by molar-refractivity contribution is 6.02. The summed E-state index contributed by atoms with van der Waals surface area (Å²) in [6, 6.07) is 5.96. The molecule has 3 heterocycles. The van der Waals surface area contributed by atoms with Gasteiger partial charge in [-0.2, -0.15) is 0 Å². The minimum atomic E-state index is 0.0766. The third-order valence-electron chi connectivity index (χ3n) is 6.25. The van der Waals surface area contributed by atoms with E-state index in [9.17, 15) is 4.79 Å². The lowest BCUT2D eigenvalue weighted by Crippen LogP contribution is -2.36. The molecule has 2 saturated carbocycles. The predicted octanol–water partition coefficient (Wildman–Crippen LogP) is 3.22. The normalized spacial score (nSPS) is 19.7. The maximum Gasteiger partial charge on any atom is 0.253 e. The first-order valence-corrected chi connectivity index (χ1v) is 10.3. The lowest BCUT2D eigenvalue weighted by molar-refractivity contribution is 0.0948. The Kier molecular flexibility index (Phi) is 4.27. The lowest BCUT2D eigenvalue weighted by Gasteiger charge is -2.29. The van der Waals surface area contributed by atoms with Gasteiger partial charge >= 0.3 is 0 Å². The van der Waals surface area contributed by atoms with Gasteiger partial charge in [0.05, 0.1) is 11.3 Å². The number of pyridine rings is 1. The van der Waals surface area contributed by atoms with E-state index in [0.717, 1.165) is 48.9 Å². The predicted molar refractivity (Wildman–Crippen MR) is 105 cm³/mol. The molecule has 2 fully saturated rings. The number of hydrogen-bond donors (Lipinski definition) is 1. The van der Waals surface area contributed by atoms with Crippen molar-refractivity contribution >= 4 is 5.91 Å². The van der Waals surface area contributed by atoms with Crippen molar-refractivity contribution in [3.05, 3.63) is 41.3 Å². The Labute approximate surface area is 160 Å². The van der Waals surface area contributed by atoms with Gasteiger partial charge in [-0.05, 0) is 56.6 Å². The molecule has 1 aliphatic heterocycles. The first-order chi connectivity index (χ1) is 13.2. The van der Waals surface area contributed by atoms with E-state index in [1.54, 1.807) is 0 Å². The molecule has 5 heteroatoms. The smallest absolute Gasteiger partial charge is 0.253 e. The van der Waals surface area contributed by atoms with Crippen LogP contribution in [0.15, 0.2) is 24.4 Å². The van der Waals surface area contributed by atoms with Crippen LogP contribution in [0.25, 0.3) is 11.3 Å². The maximum absolute atomic E-state index is 13.2. The summed E-state index contributed by atoms with van der Waals surface area (Å²) < 4.78 is 2.36. The molecule has 2 aliphatic carbocycles. The fraction of sp³-hybridized carbons (Fsp3) is 0.545. The Balaban J connectivity index is 1.53. The summed E-state index contributed by atoms with van der Waals surface area (Å²) in [6.07, 6.45) is 7.04. The zero-order valence-electron chi connectivity index (χ0n) is 16.1. The van der Waals surface area contributed by atoms with Gasteiger partial charge in [-0.25, -0.2) is 0 Å². The largest absolute Gasteiger partial charge is 0.352 e. The molecule has 5 nitrogen and oxygen atoms in total. The third-order valence-corrected chi connectivity index (χ3v) is 6.25. The minimum Gasteiger partial charge on any atom is -0.352 e. The standard InChI is InChI=1S/C22H28N4O/c1-15-20(18-4-2-3-9-23-18)21(22(27)24-12-16-5-6-16)19-14-25(10-11-26(15)19)13-17-7-8-17/h2-4,9,16-17H,5-8,10-14H2,1H3,(H,24,27). The van der Waals surface area contributed by atoms with Crippen molar-refractivity contribution in [1.82, 2.24) is 19.8 Å². The van der Waals surface area contributed by atoms with Crippen LogP contribution in [0, 0.1) is 18.8 Å². The van der Waals surface area contributed by atoms with Gasteiger partial charge in [-0.3, -0.25) is 14.7 Å². The number of fused-ring (bicyclic) bond motifs is 1. The second-order valence-electron chi connectivity index (χ2n) is 8.48. The van der Waals surface area contributed by atoms with Gasteiger partial charge in [-0.15, -0.1) is 0 Å². The van der Waals surface area contributed by atoms with Crippen molar-refractivity contribution in [1.29, 1.82) is 0 Å². The first-order valence-electron chi connectivity index (χ1n) is 10.3. The highest BCUT2D eigenvalue weighted by Crippen LogP contribution is 2.36. The van der Waals surface area contributed by atoms with E-state index in [4.69, 9.17) is 0 Å². The molecule has 2 aromatic heterocycles. The van der Waals surface area contributed by atoms with E-state index in [1.807, 2.05) is 24.4 Å². The van der Waals surface area contributed by atoms with Gasteiger partial charge in [0.2, 0.25) is 0 Å². The van der Waals surface area contributed by atoms with Gasteiger partial charge in [0.1, 0.15) is 0 Å². The van der Waals surface area contributed by atoms with Crippen LogP contribution in [-0.4, -0.2) is 40.0 Å². The summed E-state index contributed by atoms with van der Waals surface area (Å²) in [5.74, 6) is 1.63. The Morgan fingerprint density at radius 3 is 2.70 bits per heavy atom. The van der Waals surface area contributed by atoms with Crippen LogP contribution in [-0.2, 0) is 13.1 Å². The summed E-state index contributed by atoms with van der Waals surface area (Å²) in [7, 11) is 0. The number of hydrogen-bond acceptors (Lipinski definition) is 3. The molecule has 2 aromatic rings. The van der Waals surface area contributed by atoms with Gasteiger partial charge in [-0.1, -0.05) is 6.07 Å². The van der Waals surface area contributed by atoms with E-state index in [-0.39, 0.29) is 5.91 Å². The van der Waals surface area contributed by atoms with Gasteiger partial charge in [0, 0.05) is 55.9 Å².